The third kappa shape index (κ3) is 2.20. The van der Waals surface area contributed by atoms with Crippen LogP contribution in [0.25, 0.3) is 5.69 Å². The number of para-hydroxylation sites is 1. The second kappa shape index (κ2) is 5.32. The van der Waals surface area contributed by atoms with Gasteiger partial charge in [0.05, 0.1) is 11.3 Å². The van der Waals surface area contributed by atoms with Gasteiger partial charge in [0.1, 0.15) is 12.1 Å². The molecule has 0 aliphatic heterocycles. The molecule has 0 atom stereocenters. The number of amides is 1. The Hall–Kier alpha value is -3.16. The van der Waals surface area contributed by atoms with Gasteiger partial charge >= 0.3 is 0 Å². The fourth-order valence-electron chi connectivity index (χ4n) is 2.26. The minimum Gasteiger partial charge on any atom is -0.304 e. The van der Waals surface area contributed by atoms with Crippen LogP contribution >= 0.6 is 0 Å². The normalized spacial score (nSPS) is 10.6. The maximum atomic E-state index is 12.4. The van der Waals surface area contributed by atoms with Crippen LogP contribution in [0.15, 0.2) is 41.5 Å². The average Bonchev–Trinajstić information content (AvgIpc) is 3.13. The summed E-state index contributed by atoms with van der Waals surface area (Å²) in [6.45, 7) is 1.66. The van der Waals surface area contributed by atoms with Crippen molar-refractivity contribution in [2.24, 2.45) is 7.05 Å². The van der Waals surface area contributed by atoms with Gasteiger partial charge in [0.2, 0.25) is 5.82 Å². The standard InChI is InChI=1S/C14H14N6O2/c1-9-12(17-13(21)11-15-8-16-18-11)19(2)20(14(9)22)10-6-4-3-5-7-10/h3-8H,1-2H3,(H,17,21)(H,15,16,18). The minimum atomic E-state index is -0.457. The number of aromatic amines is 1. The molecule has 2 heterocycles. The Morgan fingerprint density at radius 2 is 2.00 bits per heavy atom. The molecule has 0 fully saturated rings. The van der Waals surface area contributed by atoms with Crippen LogP contribution in [0.2, 0.25) is 0 Å². The van der Waals surface area contributed by atoms with Gasteiger partial charge in [-0.15, -0.1) is 0 Å². The van der Waals surface area contributed by atoms with Gasteiger partial charge in [0.15, 0.2) is 0 Å². The number of hydrogen-bond donors (Lipinski definition) is 2. The van der Waals surface area contributed by atoms with E-state index in [4.69, 9.17) is 0 Å². The fourth-order valence-corrected chi connectivity index (χ4v) is 2.26. The van der Waals surface area contributed by atoms with Crippen molar-refractivity contribution < 1.29 is 4.79 Å². The van der Waals surface area contributed by atoms with Crippen molar-refractivity contribution in [3.8, 4) is 5.69 Å². The zero-order valence-corrected chi connectivity index (χ0v) is 12.1. The third-order valence-electron chi connectivity index (χ3n) is 3.35. The van der Waals surface area contributed by atoms with E-state index in [1.807, 2.05) is 30.3 Å². The summed E-state index contributed by atoms with van der Waals surface area (Å²) < 4.78 is 3.09. The molecule has 2 aromatic heterocycles. The van der Waals surface area contributed by atoms with Crippen LogP contribution in [0.4, 0.5) is 5.82 Å². The molecule has 8 nitrogen and oxygen atoms in total. The molecular weight excluding hydrogens is 284 g/mol. The lowest BCUT2D eigenvalue weighted by atomic mass is 10.3. The number of rotatable bonds is 3. The van der Waals surface area contributed by atoms with Crippen LogP contribution in [0.1, 0.15) is 16.2 Å². The molecule has 2 N–H and O–H groups in total. The highest BCUT2D eigenvalue weighted by Crippen LogP contribution is 2.15. The van der Waals surface area contributed by atoms with Crippen LogP contribution in [0.5, 0.6) is 0 Å². The molecule has 0 spiro atoms. The summed E-state index contributed by atoms with van der Waals surface area (Å²) in [7, 11) is 1.71. The van der Waals surface area contributed by atoms with Crippen LogP contribution in [0, 0.1) is 6.92 Å². The Morgan fingerprint density at radius 1 is 1.27 bits per heavy atom. The Bertz CT molecular complexity index is 861. The lowest BCUT2D eigenvalue weighted by Gasteiger charge is -2.10. The molecule has 0 aliphatic rings. The van der Waals surface area contributed by atoms with Crippen LogP contribution < -0.4 is 10.9 Å². The van der Waals surface area contributed by atoms with Gasteiger partial charge in [0, 0.05) is 7.05 Å². The first-order valence-electron chi connectivity index (χ1n) is 6.60. The molecule has 112 valence electrons. The molecule has 0 bridgehead atoms. The predicted octanol–water partition coefficient (Wildman–Crippen LogP) is 0.855. The molecule has 0 aliphatic carbocycles. The number of H-pyrrole nitrogens is 1. The monoisotopic (exact) mass is 298 g/mol. The second-order valence-corrected chi connectivity index (χ2v) is 4.74. The number of nitrogens with zero attached hydrogens (tertiary/aromatic N) is 4. The van der Waals surface area contributed by atoms with Gasteiger partial charge in [-0.25, -0.2) is 9.67 Å². The summed E-state index contributed by atoms with van der Waals surface area (Å²) in [5, 5.41) is 8.79. The highest BCUT2D eigenvalue weighted by atomic mass is 16.2. The van der Waals surface area contributed by atoms with Crippen molar-refractivity contribution in [3.05, 3.63) is 58.4 Å². The maximum Gasteiger partial charge on any atom is 0.294 e. The van der Waals surface area contributed by atoms with E-state index in [2.05, 4.69) is 20.5 Å². The number of aromatic nitrogens is 5. The van der Waals surface area contributed by atoms with Gasteiger partial charge in [-0.05, 0) is 19.1 Å². The lowest BCUT2D eigenvalue weighted by molar-refractivity contribution is 0.101. The Labute approximate surface area is 125 Å². The van der Waals surface area contributed by atoms with Crippen molar-refractivity contribution in [1.29, 1.82) is 0 Å². The number of benzene rings is 1. The van der Waals surface area contributed by atoms with Gasteiger partial charge in [0.25, 0.3) is 11.5 Å². The average molecular weight is 298 g/mol. The number of carbonyl (C=O) groups excluding carboxylic acids is 1. The molecule has 0 saturated heterocycles. The van der Waals surface area contributed by atoms with E-state index in [-0.39, 0.29) is 11.4 Å². The first kappa shape index (κ1) is 13.8. The first-order chi connectivity index (χ1) is 10.6. The molecule has 1 amide bonds. The largest absolute Gasteiger partial charge is 0.304 e. The van der Waals surface area contributed by atoms with E-state index < -0.39 is 5.91 Å². The fraction of sp³-hybridized carbons (Fsp3) is 0.143. The zero-order chi connectivity index (χ0) is 15.7. The van der Waals surface area contributed by atoms with Gasteiger partial charge in [-0.3, -0.25) is 19.4 Å². The van der Waals surface area contributed by atoms with E-state index in [9.17, 15) is 9.59 Å². The molecule has 1 aromatic carbocycles. The van der Waals surface area contributed by atoms with Crippen LogP contribution in [-0.2, 0) is 7.05 Å². The predicted molar refractivity (Wildman–Crippen MR) is 80.1 cm³/mol. The molecule has 0 radical (unpaired) electrons. The van der Waals surface area contributed by atoms with E-state index in [0.29, 0.717) is 11.4 Å². The summed E-state index contributed by atoms with van der Waals surface area (Å²) in [5.74, 6) is 0.0379. The van der Waals surface area contributed by atoms with Crippen molar-refractivity contribution in [2.45, 2.75) is 6.92 Å². The topological polar surface area (TPSA) is 97.6 Å². The number of hydrogen-bond acceptors (Lipinski definition) is 4. The molecule has 0 unspecified atom stereocenters. The highest BCUT2D eigenvalue weighted by molar-refractivity contribution is 6.01. The van der Waals surface area contributed by atoms with E-state index in [0.717, 1.165) is 5.69 Å². The number of carbonyl (C=O) groups is 1. The molecule has 0 saturated carbocycles. The van der Waals surface area contributed by atoms with Crippen molar-refractivity contribution in [3.63, 3.8) is 0 Å². The van der Waals surface area contributed by atoms with Crippen molar-refractivity contribution in [1.82, 2.24) is 24.5 Å². The zero-order valence-electron chi connectivity index (χ0n) is 12.1. The molecule has 3 rings (SSSR count). The summed E-state index contributed by atoms with van der Waals surface area (Å²) in [4.78, 5) is 28.3. The summed E-state index contributed by atoms with van der Waals surface area (Å²) in [6, 6.07) is 9.20. The first-order valence-corrected chi connectivity index (χ1v) is 6.60. The highest BCUT2D eigenvalue weighted by Gasteiger charge is 2.19. The molecular formula is C14H14N6O2. The number of anilines is 1. The maximum absolute atomic E-state index is 12.4. The SMILES string of the molecule is Cc1c(NC(=O)c2ncn[nH]2)n(C)n(-c2ccccc2)c1=O. The Morgan fingerprint density at radius 3 is 2.64 bits per heavy atom. The Balaban J connectivity index is 2.04. The van der Waals surface area contributed by atoms with Crippen molar-refractivity contribution in [2.75, 3.05) is 5.32 Å². The van der Waals surface area contributed by atoms with E-state index >= 15 is 0 Å². The van der Waals surface area contributed by atoms with Gasteiger partial charge in [-0.1, -0.05) is 18.2 Å². The molecule has 8 heteroatoms. The van der Waals surface area contributed by atoms with Crippen molar-refractivity contribution >= 4 is 11.7 Å². The van der Waals surface area contributed by atoms with Gasteiger partial charge < -0.3 is 5.32 Å². The van der Waals surface area contributed by atoms with Crippen LogP contribution in [0.3, 0.4) is 0 Å². The van der Waals surface area contributed by atoms with Crippen LogP contribution in [-0.4, -0.2) is 30.5 Å². The summed E-state index contributed by atoms with van der Waals surface area (Å²) in [5.41, 5.74) is 0.971. The minimum absolute atomic E-state index is 0.0827. The second-order valence-electron chi connectivity index (χ2n) is 4.74. The smallest absolute Gasteiger partial charge is 0.294 e. The quantitative estimate of drug-likeness (QED) is 0.749. The van der Waals surface area contributed by atoms with Gasteiger partial charge in [-0.2, -0.15) is 5.10 Å². The molecule has 3 aromatic rings. The van der Waals surface area contributed by atoms with E-state index in [1.165, 1.54) is 11.0 Å². The Kier molecular flexibility index (Phi) is 3.34. The van der Waals surface area contributed by atoms with E-state index in [1.54, 1.807) is 18.7 Å². The summed E-state index contributed by atoms with van der Waals surface area (Å²) in [6.07, 6.45) is 1.25. The lowest BCUT2D eigenvalue weighted by Crippen LogP contribution is -2.21. The summed E-state index contributed by atoms with van der Waals surface area (Å²) >= 11 is 0. The third-order valence-corrected chi connectivity index (χ3v) is 3.35. The molecule has 22 heavy (non-hydrogen) atoms. The number of nitrogens with one attached hydrogen (secondary N) is 2.